The zero-order chi connectivity index (χ0) is 31.3. The molecule has 0 radical (unpaired) electrons. The lowest BCUT2D eigenvalue weighted by Gasteiger charge is -2.11. The van der Waals surface area contributed by atoms with Gasteiger partial charge in [0.25, 0.3) is 0 Å². The highest BCUT2D eigenvalue weighted by Crippen LogP contribution is 2.21. The van der Waals surface area contributed by atoms with Crippen LogP contribution in [0, 0.1) is 6.92 Å². The number of nitrogen functional groups attached to an aromatic ring is 1. The molecule has 1 heterocycles. The van der Waals surface area contributed by atoms with E-state index in [1.54, 1.807) is 0 Å². The highest BCUT2D eigenvalue weighted by molar-refractivity contribution is 7.13. The lowest BCUT2D eigenvalue weighted by atomic mass is 10.00. The first-order valence-corrected chi connectivity index (χ1v) is 9.37. The van der Waals surface area contributed by atoms with E-state index >= 15 is 0 Å². The van der Waals surface area contributed by atoms with Gasteiger partial charge in [0, 0.05) is 19.3 Å². The van der Waals surface area contributed by atoms with Crippen molar-refractivity contribution in [2.24, 2.45) is 0 Å². The van der Waals surface area contributed by atoms with Crippen LogP contribution in [0.5, 0.6) is 0 Å². The molecule has 0 saturated heterocycles. The van der Waals surface area contributed by atoms with Crippen molar-refractivity contribution < 1.29 is 26.4 Å². The Bertz CT molecular complexity index is 1450. The number of amides is 1. The van der Waals surface area contributed by atoms with Crippen molar-refractivity contribution in [1.82, 2.24) is 4.98 Å². The summed E-state index contributed by atoms with van der Waals surface area (Å²) in [7, 11) is 0. The number of hydrogen-bond donors (Lipinski definition) is 3. The van der Waals surface area contributed by atoms with Gasteiger partial charge in [0.2, 0.25) is 5.91 Å². The summed E-state index contributed by atoms with van der Waals surface area (Å²) in [6.45, 7) is 1.28. The molecule has 0 unspecified atom stereocenters. The minimum absolute atomic E-state index is 0.0594. The van der Waals surface area contributed by atoms with Gasteiger partial charge in [-0.15, -0.1) is 11.3 Å². The number of hydrogen-bond acceptors (Lipinski definition) is 5. The predicted octanol–water partition coefficient (Wildman–Crippen LogP) is 4.66. The number of carbonyl (C=O) groups excluding carboxylic acids is 1. The lowest BCUT2D eigenvalue weighted by molar-refractivity contribution is -0.115. The van der Waals surface area contributed by atoms with Crippen LogP contribution in [-0.4, -0.2) is 16.0 Å². The van der Waals surface area contributed by atoms with Crippen molar-refractivity contribution in [2.45, 2.75) is 45.0 Å². The molecule has 4 N–H and O–H groups in total. The number of anilines is 2. The zero-order valence-corrected chi connectivity index (χ0v) is 16.3. The molecule has 0 fully saturated rings. The molecule has 0 aliphatic rings. The number of aliphatic hydroxyl groups is 1. The van der Waals surface area contributed by atoms with E-state index in [-0.39, 0.29) is 21.7 Å². The van der Waals surface area contributed by atoms with E-state index in [0.717, 1.165) is 11.3 Å². The third kappa shape index (κ3) is 6.69. The summed E-state index contributed by atoms with van der Waals surface area (Å²) in [4.78, 5) is 16.3. The average Bonchev–Trinajstić information content (AvgIpc) is 3.20. The van der Waals surface area contributed by atoms with Crippen molar-refractivity contribution in [1.29, 1.82) is 0 Å². The Morgan fingerprint density at radius 3 is 2.93 bits per heavy atom. The van der Waals surface area contributed by atoms with E-state index in [9.17, 15) is 9.90 Å². The number of rotatable bonds is 9. The molecular formula is C23H27N3O2S. The number of benzene rings is 2. The van der Waals surface area contributed by atoms with Gasteiger partial charge in [0.1, 0.15) is 0 Å². The van der Waals surface area contributed by atoms with E-state index in [0.29, 0.717) is 5.56 Å². The molecule has 0 saturated carbocycles. The van der Waals surface area contributed by atoms with Crippen molar-refractivity contribution >= 4 is 28.1 Å². The summed E-state index contributed by atoms with van der Waals surface area (Å²) in [5.74, 6) is -1.10. The Kier molecular flexibility index (Phi) is 3.64. The Hall–Kier alpha value is -2.70. The number of aromatic nitrogens is 1. The Labute approximate surface area is 192 Å². The van der Waals surface area contributed by atoms with Crippen LogP contribution in [0.15, 0.2) is 53.8 Å². The van der Waals surface area contributed by atoms with Gasteiger partial charge in [-0.2, -0.15) is 0 Å². The number of nitrogens with one attached hydrogen (secondary N) is 1. The largest absolute Gasteiger partial charge is 0.388 e. The van der Waals surface area contributed by atoms with Crippen LogP contribution in [0.2, 0.25) is 0 Å². The van der Waals surface area contributed by atoms with Gasteiger partial charge in [0.15, 0.2) is 5.13 Å². The third-order valence-electron chi connectivity index (χ3n) is 3.61. The molecule has 2 aromatic carbocycles. The van der Waals surface area contributed by atoms with E-state index in [2.05, 4.69) is 10.3 Å². The fraction of sp³-hybridized carbons (Fsp3) is 0.304. The van der Waals surface area contributed by atoms with Crippen molar-refractivity contribution in [2.75, 3.05) is 11.1 Å². The van der Waals surface area contributed by atoms with Crippen molar-refractivity contribution in [3.05, 3.63) is 76.2 Å². The van der Waals surface area contributed by atoms with E-state index in [4.69, 9.17) is 22.2 Å². The van der Waals surface area contributed by atoms with Crippen LogP contribution >= 0.6 is 11.3 Å². The topological polar surface area (TPSA) is 88.2 Å². The molecule has 3 rings (SSSR count). The number of carbonyl (C=O) groups is 1. The number of nitrogens with two attached hydrogens (primary N) is 1. The Morgan fingerprint density at radius 2 is 2.21 bits per heavy atom. The maximum atomic E-state index is 12.5. The maximum absolute atomic E-state index is 12.5. The minimum atomic E-state index is -3.28. The van der Waals surface area contributed by atoms with Crippen LogP contribution < -0.4 is 11.1 Å². The van der Waals surface area contributed by atoms with Crippen LogP contribution in [0.4, 0.5) is 10.8 Å². The minimum Gasteiger partial charge on any atom is -0.388 e. The summed E-state index contributed by atoms with van der Waals surface area (Å²) >= 11 is 0.723. The molecule has 0 aliphatic heterocycles. The number of nitrogens with zero attached hydrogens (tertiary/aromatic N) is 1. The van der Waals surface area contributed by atoms with E-state index in [1.807, 2.05) is 0 Å². The van der Waals surface area contributed by atoms with Crippen molar-refractivity contribution in [3.8, 4) is 0 Å². The standard InChI is InChI=1S/C23H27N3O2S/c1-16-5-4-7-18(13-16)21(27)8-3-2-6-17-9-11-19(12-10-17)25-22(28)14-20-15-29-23(24)26-20/h4-5,7,9-13,15,21,27H,2-3,6,8,14H2,1H3,(H2,24,26)(H,25,28)/t21-/m0/s1/i2D2,4D,5D,7D,8D2,13D,14D2,15D,21D. The maximum Gasteiger partial charge on any atom is 0.230 e. The molecule has 152 valence electrons. The zero-order valence-electron chi connectivity index (χ0n) is 27.5. The summed E-state index contributed by atoms with van der Waals surface area (Å²) in [5, 5.41) is 12.9. The van der Waals surface area contributed by atoms with Gasteiger partial charge in [-0.05, 0) is 49.4 Å². The summed E-state index contributed by atoms with van der Waals surface area (Å²) in [5.41, 5.74) is 4.62. The van der Waals surface area contributed by atoms with Crippen LogP contribution in [-0.2, 0) is 17.6 Å². The monoisotopic (exact) mass is 421 g/mol. The molecular weight excluding hydrogens is 382 g/mol. The van der Waals surface area contributed by atoms with Crippen molar-refractivity contribution in [3.63, 3.8) is 0 Å². The summed E-state index contributed by atoms with van der Waals surface area (Å²) in [6, 6.07) is 2.92. The van der Waals surface area contributed by atoms with Gasteiger partial charge in [-0.25, -0.2) is 4.98 Å². The molecule has 3 aromatic rings. The average molecular weight is 422 g/mol. The second kappa shape index (κ2) is 10.2. The van der Waals surface area contributed by atoms with Gasteiger partial charge < -0.3 is 16.2 Å². The fourth-order valence-corrected chi connectivity index (χ4v) is 2.72. The molecule has 0 aliphatic carbocycles. The smallest absolute Gasteiger partial charge is 0.230 e. The molecule has 0 bridgehead atoms. The first-order chi connectivity index (χ1) is 18.6. The van der Waals surface area contributed by atoms with Crippen LogP contribution in [0.3, 0.4) is 0 Å². The molecule has 6 heteroatoms. The lowest BCUT2D eigenvalue weighted by Crippen LogP contribution is -2.14. The first kappa shape index (κ1) is 10.4. The van der Waals surface area contributed by atoms with Gasteiger partial charge in [-0.1, -0.05) is 48.3 Å². The van der Waals surface area contributed by atoms with Gasteiger partial charge >= 0.3 is 0 Å². The fourth-order valence-electron chi connectivity index (χ4n) is 2.28. The third-order valence-corrected chi connectivity index (χ3v) is 4.21. The van der Waals surface area contributed by atoms with Gasteiger partial charge in [-0.3, -0.25) is 4.79 Å². The Morgan fingerprint density at radius 1 is 1.41 bits per heavy atom. The van der Waals surface area contributed by atoms with E-state index in [1.165, 1.54) is 31.2 Å². The second-order valence-electron chi connectivity index (χ2n) is 5.91. The van der Waals surface area contributed by atoms with Crippen LogP contribution in [0.1, 0.15) is 64.1 Å². The van der Waals surface area contributed by atoms with Crippen LogP contribution in [0.25, 0.3) is 0 Å². The summed E-state index contributed by atoms with van der Waals surface area (Å²) in [6.07, 6.45) is -12.7. The van der Waals surface area contributed by atoms with E-state index < -0.39 is 79.4 Å². The normalized spacial score (nSPS) is 20.5. The number of thiazole rings is 1. The molecule has 5 nitrogen and oxygen atoms in total. The molecule has 1 amide bonds. The molecule has 1 aromatic heterocycles. The van der Waals surface area contributed by atoms with Gasteiger partial charge in [0.05, 0.1) is 26.4 Å². The predicted molar refractivity (Wildman–Crippen MR) is 119 cm³/mol. The quantitative estimate of drug-likeness (QED) is 0.469. The summed E-state index contributed by atoms with van der Waals surface area (Å²) < 4.78 is 97.5. The molecule has 0 spiro atoms. The number of aryl methyl sites for hydroxylation is 1. The highest BCUT2D eigenvalue weighted by Gasteiger charge is 2.08. The second-order valence-corrected chi connectivity index (χ2v) is 6.73. The Balaban J connectivity index is 1.77. The highest BCUT2D eigenvalue weighted by atomic mass is 32.1. The molecule has 1 atom stereocenters. The first-order valence-electron chi connectivity index (χ1n) is 14.6. The SMILES string of the molecule is [2H]c1sc(N)nc1C([2H])([2H])C(=O)Nc1ccc(CC([2H])([2H])CC([2H])([2H])[C@]([2H])(O)c2c([2H])c([2H])c([2H])c(C)c2[2H])cc1. The molecule has 29 heavy (non-hydrogen) atoms.